The van der Waals surface area contributed by atoms with E-state index in [1.165, 1.54) is 12.3 Å². The average molecular weight is 349 g/mol. The highest BCUT2D eigenvalue weighted by molar-refractivity contribution is 5.96. The summed E-state index contributed by atoms with van der Waals surface area (Å²) in [6, 6.07) is 1.27. The molecule has 3 rings (SSSR count). The van der Waals surface area contributed by atoms with Gasteiger partial charge in [0.1, 0.15) is 11.3 Å². The zero-order valence-electron chi connectivity index (χ0n) is 14.0. The lowest BCUT2D eigenvalue weighted by molar-refractivity contribution is 0.0528. The molecule has 0 bridgehead atoms. The summed E-state index contributed by atoms with van der Waals surface area (Å²) in [4.78, 5) is 16.4. The minimum Gasteiger partial charge on any atom is -0.462 e. The van der Waals surface area contributed by atoms with Crippen LogP contribution in [0.2, 0.25) is 0 Å². The minimum atomic E-state index is -2.78. The number of esters is 1. The third kappa shape index (κ3) is 2.86. The first-order valence-electron chi connectivity index (χ1n) is 7.84. The summed E-state index contributed by atoms with van der Waals surface area (Å²) in [6.45, 7) is 6.25. The van der Waals surface area contributed by atoms with Gasteiger partial charge in [-0.3, -0.25) is 4.68 Å². The Labute approximate surface area is 142 Å². The molecule has 0 aromatic carbocycles. The van der Waals surface area contributed by atoms with E-state index in [1.54, 1.807) is 17.8 Å². The van der Waals surface area contributed by atoms with Gasteiger partial charge in [0, 0.05) is 17.8 Å². The van der Waals surface area contributed by atoms with Crippen molar-refractivity contribution in [3.63, 3.8) is 0 Å². The molecule has 0 radical (unpaired) electrons. The molecule has 3 aromatic heterocycles. The molecule has 0 spiro atoms. The number of fused-ring (bicyclic) bond motifs is 1. The van der Waals surface area contributed by atoms with Crippen LogP contribution in [-0.4, -0.2) is 37.0 Å². The number of halogens is 2. The van der Waals surface area contributed by atoms with Crippen LogP contribution in [0, 0.1) is 6.92 Å². The summed E-state index contributed by atoms with van der Waals surface area (Å²) >= 11 is 0. The molecule has 0 aliphatic carbocycles. The van der Waals surface area contributed by atoms with E-state index in [4.69, 9.17) is 4.74 Å². The van der Waals surface area contributed by atoms with Crippen LogP contribution in [0.15, 0.2) is 18.5 Å². The zero-order chi connectivity index (χ0) is 18.1. The Morgan fingerprint density at radius 2 is 2.04 bits per heavy atom. The Morgan fingerprint density at radius 3 is 2.64 bits per heavy atom. The van der Waals surface area contributed by atoms with Gasteiger partial charge >= 0.3 is 5.97 Å². The fourth-order valence-corrected chi connectivity index (χ4v) is 2.65. The lowest BCUT2D eigenvalue weighted by Crippen LogP contribution is -2.07. The van der Waals surface area contributed by atoms with Crippen LogP contribution in [0.1, 0.15) is 42.0 Å². The van der Waals surface area contributed by atoms with Crippen molar-refractivity contribution in [1.29, 1.82) is 0 Å². The van der Waals surface area contributed by atoms with Crippen molar-refractivity contribution in [2.75, 3.05) is 6.61 Å². The summed E-state index contributed by atoms with van der Waals surface area (Å²) in [7, 11) is 0. The molecule has 0 aliphatic heterocycles. The van der Waals surface area contributed by atoms with Crippen molar-refractivity contribution in [2.45, 2.75) is 33.7 Å². The summed E-state index contributed by atoms with van der Waals surface area (Å²) in [5, 5.41) is 8.09. The lowest BCUT2D eigenvalue weighted by Gasteiger charge is -2.08. The number of hydrogen-bond acceptors (Lipinski definition) is 5. The first kappa shape index (κ1) is 17.0. The van der Waals surface area contributed by atoms with Gasteiger partial charge in [-0.1, -0.05) is 0 Å². The highest BCUT2D eigenvalue weighted by Gasteiger charge is 2.23. The van der Waals surface area contributed by atoms with Gasteiger partial charge in [-0.05, 0) is 26.8 Å². The fraction of sp³-hybridized carbons (Fsp3) is 0.375. The molecule has 132 valence electrons. The fourth-order valence-electron chi connectivity index (χ4n) is 2.65. The molecule has 0 amide bonds. The van der Waals surface area contributed by atoms with Gasteiger partial charge in [0.25, 0.3) is 6.43 Å². The molecule has 7 nitrogen and oxygen atoms in total. The van der Waals surface area contributed by atoms with Crippen molar-refractivity contribution in [3.8, 4) is 11.3 Å². The predicted octanol–water partition coefficient (Wildman–Crippen LogP) is 3.04. The van der Waals surface area contributed by atoms with E-state index in [1.807, 2.05) is 13.8 Å². The SMILES string of the molecule is CCOC(=O)c1cnn2c(C(F)F)cc(-c3cnn(CC)c3C)nc12. The van der Waals surface area contributed by atoms with Crippen LogP contribution in [0.4, 0.5) is 8.78 Å². The second-order valence-corrected chi connectivity index (χ2v) is 5.34. The largest absolute Gasteiger partial charge is 0.462 e. The summed E-state index contributed by atoms with van der Waals surface area (Å²) < 4.78 is 34.7. The van der Waals surface area contributed by atoms with Gasteiger partial charge < -0.3 is 4.74 Å². The number of rotatable bonds is 5. The van der Waals surface area contributed by atoms with Gasteiger partial charge in [0.15, 0.2) is 5.65 Å². The molecule has 0 aliphatic rings. The van der Waals surface area contributed by atoms with E-state index in [-0.39, 0.29) is 23.5 Å². The molecule has 0 atom stereocenters. The Hall–Kier alpha value is -2.84. The van der Waals surface area contributed by atoms with E-state index in [0.29, 0.717) is 17.8 Å². The third-order valence-electron chi connectivity index (χ3n) is 3.90. The molecule has 0 fully saturated rings. The molecule has 0 saturated carbocycles. The normalized spacial score (nSPS) is 11.4. The van der Waals surface area contributed by atoms with E-state index in [0.717, 1.165) is 10.2 Å². The molecule has 25 heavy (non-hydrogen) atoms. The number of nitrogens with zero attached hydrogens (tertiary/aromatic N) is 5. The highest BCUT2D eigenvalue weighted by Crippen LogP contribution is 2.28. The van der Waals surface area contributed by atoms with Gasteiger partial charge in [-0.15, -0.1) is 0 Å². The first-order valence-corrected chi connectivity index (χ1v) is 7.84. The van der Waals surface area contributed by atoms with E-state index in [9.17, 15) is 13.6 Å². The van der Waals surface area contributed by atoms with Crippen LogP contribution in [-0.2, 0) is 11.3 Å². The quantitative estimate of drug-likeness (QED) is 0.662. The monoisotopic (exact) mass is 349 g/mol. The highest BCUT2D eigenvalue weighted by atomic mass is 19.3. The third-order valence-corrected chi connectivity index (χ3v) is 3.90. The van der Waals surface area contributed by atoms with Crippen molar-refractivity contribution in [3.05, 3.63) is 35.4 Å². The van der Waals surface area contributed by atoms with Gasteiger partial charge in [0.2, 0.25) is 0 Å². The van der Waals surface area contributed by atoms with Crippen molar-refractivity contribution in [1.82, 2.24) is 24.4 Å². The smallest absolute Gasteiger partial charge is 0.343 e. The van der Waals surface area contributed by atoms with E-state index >= 15 is 0 Å². The summed E-state index contributed by atoms with van der Waals surface area (Å²) in [6.07, 6.45) is -0.00763. The second-order valence-electron chi connectivity index (χ2n) is 5.34. The molecule has 0 saturated heterocycles. The number of aromatic nitrogens is 5. The maximum absolute atomic E-state index is 13.5. The molecular weight excluding hydrogens is 332 g/mol. The molecular formula is C16H17F2N5O2. The number of alkyl halides is 2. The van der Waals surface area contributed by atoms with Crippen molar-refractivity contribution < 1.29 is 18.3 Å². The lowest BCUT2D eigenvalue weighted by atomic mass is 10.1. The Balaban J connectivity index is 2.24. The Bertz CT molecular complexity index is 932. The molecule has 3 heterocycles. The number of carbonyl (C=O) groups is 1. The van der Waals surface area contributed by atoms with Crippen molar-refractivity contribution >= 4 is 11.6 Å². The van der Waals surface area contributed by atoms with E-state index in [2.05, 4.69) is 15.2 Å². The van der Waals surface area contributed by atoms with Crippen LogP contribution in [0.25, 0.3) is 16.9 Å². The molecule has 0 N–H and O–H groups in total. The summed E-state index contributed by atoms with van der Waals surface area (Å²) in [5.74, 6) is -0.650. The summed E-state index contributed by atoms with van der Waals surface area (Å²) in [5.41, 5.74) is 1.48. The number of aryl methyl sites for hydroxylation is 1. The topological polar surface area (TPSA) is 74.3 Å². The van der Waals surface area contributed by atoms with Crippen LogP contribution < -0.4 is 0 Å². The maximum Gasteiger partial charge on any atom is 0.343 e. The average Bonchev–Trinajstić information content (AvgIpc) is 3.17. The molecule has 3 aromatic rings. The zero-order valence-corrected chi connectivity index (χ0v) is 14.0. The Kier molecular flexibility index (Phi) is 4.47. The standard InChI is InChI=1S/C16H17F2N5O2/c1-4-22-9(3)10(7-19-22)12-6-13(14(17)18)23-15(21-12)11(8-20-23)16(24)25-5-2/h6-8,14H,4-5H2,1-3H3. The predicted molar refractivity (Wildman–Crippen MR) is 85.5 cm³/mol. The second kappa shape index (κ2) is 6.58. The van der Waals surface area contributed by atoms with E-state index < -0.39 is 12.4 Å². The van der Waals surface area contributed by atoms with Crippen LogP contribution >= 0.6 is 0 Å². The minimum absolute atomic E-state index is 0.0369. The molecule has 9 heteroatoms. The van der Waals surface area contributed by atoms with Crippen LogP contribution in [0.3, 0.4) is 0 Å². The van der Waals surface area contributed by atoms with Crippen LogP contribution in [0.5, 0.6) is 0 Å². The molecule has 0 unspecified atom stereocenters. The van der Waals surface area contributed by atoms with Gasteiger partial charge in [-0.2, -0.15) is 10.2 Å². The van der Waals surface area contributed by atoms with Gasteiger partial charge in [-0.25, -0.2) is 23.1 Å². The maximum atomic E-state index is 13.5. The van der Waals surface area contributed by atoms with Crippen molar-refractivity contribution in [2.24, 2.45) is 0 Å². The number of hydrogen-bond donors (Lipinski definition) is 0. The Morgan fingerprint density at radius 1 is 1.28 bits per heavy atom. The van der Waals surface area contributed by atoms with Gasteiger partial charge in [0.05, 0.1) is 24.7 Å². The number of ether oxygens (including phenoxy) is 1. The first-order chi connectivity index (χ1) is 12.0. The number of carbonyl (C=O) groups excluding carboxylic acids is 1.